The van der Waals surface area contributed by atoms with Crippen LogP contribution in [0.25, 0.3) is 0 Å². The van der Waals surface area contributed by atoms with Gasteiger partial charge in [-0.25, -0.2) is 0 Å². The highest BCUT2D eigenvalue weighted by Gasteiger charge is 1.96. The Balaban J connectivity index is 2.24. The van der Waals surface area contributed by atoms with Gasteiger partial charge in [0, 0.05) is 6.07 Å². The van der Waals surface area contributed by atoms with Crippen molar-refractivity contribution >= 4 is 0 Å². The fraction of sp³-hybridized carbons (Fsp3) is 0.455. The smallest absolute Gasteiger partial charge is 0.137 e. The topological polar surface area (TPSA) is 55.3 Å². The van der Waals surface area contributed by atoms with E-state index < -0.39 is 0 Å². The number of aliphatic hydroxyl groups excluding tert-OH is 1. The molecule has 4 nitrogen and oxygen atoms in total. The van der Waals surface area contributed by atoms with Gasteiger partial charge in [-0.15, -0.1) is 0 Å². The molecule has 0 fully saturated rings. The van der Waals surface area contributed by atoms with E-state index in [0.717, 1.165) is 24.6 Å². The van der Waals surface area contributed by atoms with Crippen LogP contribution in [0.3, 0.4) is 0 Å². The van der Waals surface area contributed by atoms with Crippen LogP contribution in [0.2, 0.25) is 0 Å². The molecule has 0 saturated heterocycles. The predicted octanol–water partition coefficient (Wildman–Crippen LogP) is -0.370. The van der Waals surface area contributed by atoms with Crippen molar-refractivity contribution in [3.63, 3.8) is 0 Å². The zero-order valence-electron chi connectivity index (χ0n) is 8.98. The number of hydrogen-bond donors (Lipinski definition) is 2. The molecule has 1 aromatic rings. The standard InChI is InChI=1S/C11H17NO3/c1-14-10-3-2-4-11(9-10)15-8-6-12-5-7-13/h2-4,9,12-13H,5-8H2,1H3/p+1. The third-order valence-corrected chi connectivity index (χ3v) is 1.97. The maximum atomic E-state index is 8.56. The third-order valence-electron chi connectivity index (χ3n) is 1.97. The van der Waals surface area contributed by atoms with Gasteiger partial charge in [-0.1, -0.05) is 6.07 Å². The molecule has 0 bridgehead atoms. The molecule has 0 heterocycles. The minimum absolute atomic E-state index is 0.207. The Morgan fingerprint density at radius 2 is 2.07 bits per heavy atom. The van der Waals surface area contributed by atoms with Gasteiger partial charge in [-0.2, -0.15) is 0 Å². The van der Waals surface area contributed by atoms with E-state index in [0.29, 0.717) is 6.61 Å². The van der Waals surface area contributed by atoms with Gasteiger partial charge in [0.1, 0.15) is 24.7 Å². The Morgan fingerprint density at radius 1 is 1.27 bits per heavy atom. The minimum atomic E-state index is 0.207. The van der Waals surface area contributed by atoms with Gasteiger partial charge in [0.15, 0.2) is 0 Å². The van der Waals surface area contributed by atoms with Crippen LogP contribution >= 0.6 is 0 Å². The minimum Gasteiger partial charge on any atom is -0.497 e. The summed E-state index contributed by atoms with van der Waals surface area (Å²) in [6, 6.07) is 7.52. The molecule has 84 valence electrons. The van der Waals surface area contributed by atoms with Crippen LogP contribution in [0.1, 0.15) is 0 Å². The Labute approximate surface area is 89.8 Å². The lowest BCUT2D eigenvalue weighted by molar-refractivity contribution is -0.656. The summed E-state index contributed by atoms with van der Waals surface area (Å²) < 4.78 is 10.6. The van der Waals surface area contributed by atoms with Gasteiger partial charge >= 0.3 is 0 Å². The van der Waals surface area contributed by atoms with E-state index in [4.69, 9.17) is 14.6 Å². The van der Waals surface area contributed by atoms with Crippen molar-refractivity contribution in [1.29, 1.82) is 0 Å². The van der Waals surface area contributed by atoms with Crippen molar-refractivity contribution in [2.45, 2.75) is 0 Å². The second-order valence-corrected chi connectivity index (χ2v) is 3.12. The lowest BCUT2D eigenvalue weighted by atomic mass is 10.3. The molecule has 0 radical (unpaired) electrons. The van der Waals surface area contributed by atoms with Crippen molar-refractivity contribution in [3.05, 3.63) is 24.3 Å². The van der Waals surface area contributed by atoms with Gasteiger partial charge in [-0.05, 0) is 12.1 Å². The molecular formula is C11H18NO3+. The lowest BCUT2D eigenvalue weighted by Gasteiger charge is -2.06. The number of methoxy groups -OCH3 is 1. The van der Waals surface area contributed by atoms with Gasteiger partial charge in [0.2, 0.25) is 0 Å². The first-order valence-corrected chi connectivity index (χ1v) is 5.06. The molecule has 0 aromatic heterocycles. The number of rotatable bonds is 7. The molecule has 0 saturated carbocycles. The quantitative estimate of drug-likeness (QED) is 0.606. The molecule has 0 atom stereocenters. The zero-order chi connectivity index (χ0) is 10.9. The Morgan fingerprint density at radius 3 is 2.80 bits per heavy atom. The monoisotopic (exact) mass is 212 g/mol. The fourth-order valence-corrected chi connectivity index (χ4v) is 1.19. The highest BCUT2D eigenvalue weighted by Crippen LogP contribution is 2.18. The summed E-state index contributed by atoms with van der Waals surface area (Å²) in [6.07, 6.45) is 0. The van der Waals surface area contributed by atoms with Crippen molar-refractivity contribution in [2.24, 2.45) is 0 Å². The summed E-state index contributed by atoms with van der Waals surface area (Å²) in [4.78, 5) is 0. The molecule has 15 heavy (non-hydrogen) atoms. The molecule has 0 aliphatic heterocycles. The number of aliphatic hydroxyl groups is 1. The van der Waals surface area contributed by atoms with E-state index in [1.807, 2.05) is 29.6 Å². The zero-order valence-corrected chi connectivity index (χ0v) is 8.98. The second kappa shape index (κ2) is 7.09. The molecule has 4 heteroatoms. The van der Waals surface area contributed by atoms with Gasteiger partial charge < -0.3 is 19.9 Å². The van der Waals surface area contributed by atoms with E-state index in [2.05, 4.69) is 0 Å². The van der Waals surface area contributed by atoms with E-state index in [1.54, 1.807) is 7.11 Å². The van der Waals surface area contributed by atoms with E-state index >= 15 is 0 Å². The van der Waals surface area contributed by atoms with Gasteiger partial charge in [0.25, 0.3) is 0 Å². The Bertz CT molecular complexity index is 278. The van der Waals surface area contributed by atoms with Gasteiger partial charge in [0.05, 0.1) is 20.3 Å². The largest absolute Gasteiger partial charge is 0.497 e. The summed E-state index contributed by atoms with van der Waals surface area (Å²) in [6.45, 7) is 2.41. The molecule has 0 aliphatic rings. The average molecular weight is 212 g/mol. The highest BCUT2D eigenvalue weighted by molar-refractivity contribution is 5.32. The lowest BCUT2D eigenvalue weighted by Crippen LogP contribution is -2.86. The van der Waals surface area contributed by atoms with Crippen LogP contribution in [-0.4, -0.2) is 38.5 Å². The highest BCUT2D eigenvalue weighted by atomic mass is 16.5. The summed E-state index contributed by atoms with van der Waals surface area (Å²) in [5.41, 5.74) is 0. The first-order chi connectivity index (χ1) is 7.36. The van der Waals surface area contributed by atoms with Crippen molar-refractivity contribution in [3.8, 4) is 11.5 Å². The molecule has 3 N–H and O–H groups in total. The van der Waals surface area contributed by atoms with Crippen molar-refractivity contribution in [1.82, 2.24) is 0 Å². The Hall–Kier alpha value is -1.26. The van der Waals surface area contributed by atoms with Crippen molar-refractivity contribution < 1.29 is 19.9 Å². The number of hydrogen-bond acceptors (Lipinski definition) is 3. The van der Waals surface area contributed by atoms with Crippen LogP contribution in [0.5, 0.6) is 11.5 Å². The number of nitrogens with two attached hydrogens (primary N) is 1. The van der Waals surface area contributed by atoms with Crippen LogP contribution in [0.15, 0.2) is 24.3 Å². The second-order valence-electron chi connectivity index (χ2n) is 3.12. The number of benzene rings is 1. The normalized spacial score (nSPS) is 10.0. The first kappa shape index (κ1) is 11.8. The van der Waals surface area contributed by atoms with Crippen LogP contribution in [0, 0.1) is 0 Å². The molecule has 1 rings (SSSR count). The third kappa shape index (κ3) is 4.67. The fourth-order valence-electron chi connectivity index (χ4n) is 1.19. The number of ether oxygens (including phenoxy) is 2. The molecule has 0 amide bonds. The summed E-state index contributed by atoms with van der Waals surface area (Å²) in [5, 5.41) is 10.6. The number of quaternary nitrogens is 1. The molecule has 0 spiro atoms. The van der Waals surface area contributed by atoms with E-state index in [-0.39, 0.29) is 6.61 Å². The van der Waals surface area contributed by atoms with E-state index in [9.17, 15) is 0 Å². The SMILES string of the molecule is COc1cccc(OCC[NH2+]CCO)c1. The summed E-state index contributed by atoms with van der Waals surface area (Å²) in [5.74, 6) is 1.61. The summed E-state index contributed by atoms with van der Waals surface area (Å²) in [7, 11) is 1.63. The average Bonchev–Trinajstić information content (AvgIpc) is 2.29. The molecular weight excluding hydrogens is 194 g/mol. The Kier molecular flexibility index (Phi) is 5.58. The van der Waals surface area contributed by atoms with E-state index in [1.165, 1.54) is 0 Å². The van der Waals surface area contributed by atoms with Crippen LogP contribution in [-0.2, 0) is 0 Å². The maximum Gasteiger partial charge on any atom is 0.137 e. The van der Waals surface area contributed by atoms with Crippen molar-refractivity contribution in [2.75, 3.05) is 33.4 Å². The van der Waals surface area contributed by atoms with Crippen LogP contribution in [0.4, 0.5) is 0 Å². The molecule has 0 unspecified atom stereocenters. The molecule has 1 aromatic carbocycles. The summed E-state index contributed by atoms with van der Waals surface area (Å²) >= 11 is 0. The van der Waals surface area contributed by atoms with Gasteiger partial charge in [-0.3, -0.25) is 0 Å². The predicted molar refractivity (Wildman–Crippen MR) is 57.2 cm³/mol. The first-order valence-electron chi connectivity index (χ1n) is 5.06. The maximum absolute atomic E-state index is 8.56. The van der Waals surface area contributed by atoms with Crippen LogP contribution < -0.4 is 14.8 Å². The molecule has 0 aliphatic carbocycles.